The third-order valence-corrected chi connectivity index (χ3v) is 8.05. The zero-order valence-electron chi connectivity index (χ0n) is 13.6. The SMILES string of the molecule is O=C(O)C1CCN(S(=O)(=O)c2ccccc2C2CC2)C2(CCC2)C1. The second-order valence-electron chi connectivity index (χ2n) is 7.50. The summed E-state index contributed by atoms with van der Waals surface area (Å²) in [6.07, 6.45) is 5.50. The van der Waals surface area contributed by atoms with Crippen molar-refractivity contribution in [1.82, 2.24) is 4.31 Å². The number of piperidine rings is 1. The quantitative estimate of drug-likeness (QED) is 0.907. The van der Waals surface area contributed by atoms with Gasteiger partial charge in [0.25, 0.3) is 0 Å². The first-order valence-corrected chi connectivity index (χ1v) is 10.2. The third-order valence-electron chi connectivity index (χ3n) is 5.97. The van der Waals surface area contributed by atoms with E-state index >= 15 is 0 Å². The molecule has 1 atom stereocenters. The van der Waals surface area contributed by atoms with Crippen molar-refractivity contribution in [2.45, 2.75) is 61.3 Å². The molecule has 24 heavy (non-hydrogen) atoms. The van der Waals surface area contributed by atoms with Gasteiger partial charge in [-0.15, -0.1) is 0 Å². The molecule has 1 heterocycles. The van der Waals surface area contributed by atoms with Gasteiger partial charge in [-0.1, -0.05) is 18.2 Å². The zero-order chi connectivity index (χ0) is 16.9. The van der Waals surface area contributed by atoms with Crippen LogP contribution in [0.3, 0.4) is 0 Å². The van der Waals surface area contributed by atoms with Crippen LogP contribution in [0.2, 0.25) is 0 Å². The Morgan fingerprint density at radius 2 is 1.88 bits per heavy atom. The highest BCUT2D eigenvalue weighted by Crippen LogP contribution is 2.50. The van der Waals surface area contributed by atoms with E-state index in [9.17, 15) is 18.3 Å². The number of hydrogen-bond donors (Lipinski definition) is 1. The lowest BCUT2D eigenvalue weighted by molar-refractivity contribution is -0.146. The van der Waals surface area contributed by atoms with Crippen LogP contribution in [0.5, 0.6) is 0 Å². The highest BCUT2D eigenvalue weighted by molar-refractivity contribution is 7.89. The average Bonchev–Trinajstić information content (AvgIpc) is 3.37. The summed E-state index contributed by atoms with van der Waals surface area (Å²) in [7, 11) is -3.57. The average molecular weight is 349 g/mol. The van der Waals surface area contributed by atoms with Gasteiger partial charge in [-0.05, 0) is 62.5 Å². The van der Waals surface area contributed by atoms with Crippen molar-refractivity contribution in [3.63, 3.8) is 0 Å². The Hall–Kier alpha value is -1.40. The Labute approximate surface area is 142 Å². The first-order valence-electron chi connectivity index (χ1n) is 8.79. The van der Waals surface area contributed by atoms with E-state index in [1.54, 1.807) is 16.4 Å². The van der Waals surface area contributed by atoms with E-state index in [4.69, 9.17) is 0 Å². The first kappa shape index (κ1) is 16.1. The molecular formula is C18H23NO4S. The van der Waals surface area contributed by atoms with Crippen molar-refractivity contribution in [1.29, 1.82) is 0 Å². The minimum absolute atomic E-state index is 0.318. The molecule has 3 fully saturated rings. The van der Waals surface area contributed by atoms with Crippen LogP contribution in [0.1, 0.15) is 56.4 Å². The molecule has 130 valence electrons. The van der Waals surface area contributed by atoms with Gasteiger partial charge >= 0.3 is 5.97 Å². The zero-order valence-corrected chi connectivity index (χ0v) is 14.5. The Bertz CT molecular complexity index is 765. The summed E-state index contributed by atoms with van der Waals surface area (Å²) in [6, 6.07) is 7.35. The fourth-order valence-electron chi connectivity index (χ4n) is 4.36. The third kappa shape index (κ3) is 2.47. The molecule has 1 saturated heterocycles. The molecule has 0 amide bonds. The van der Waals surface area contributed by atoms with Gasteiger partial charge in [-0.2, -0.15) is 4.31 Å². The lowest BCUT2D eigenvalue weighted by Gasteiger charge is -2.53. The van der Waals surface area contributed by atoms with Gasteiger partial charge in [0, 0.05) is 12.1 Å². The number of rotatable bonds is 4. The number of carboxylic acids is 1. The van der Waals surface area contributed by atoms with E-state index in [2.05, 4.69) is 0 Å². The smallest absolute Gasteiger partial charge is 0.306 e. The molecular weight excluding hydrogens is 326 g/mol. The maximum absolute atomic E-state index is 13.4. The Balaban J connectivity index is 1.71. The summed E-state index contributed by atoms with van der Waals surface area (Å²) in [5.74, 6) is -0.850. The van der Waals surface area contributed by atoms with Crippen LogP contribution in [0.15, 0.2) is 29.2 Å². The summed E-state index contributed by atoms with van der Waals surface area (Å²) in [5.41, 5.74) is 0.462. The van der Waals surface area contributed by atoms with Gasteiger partial charge in [-0.25, -0.2) is 8.42 Å². The topological polar surface area (TPSA) is 74.7 Å². The molecule has 1 aromatic rings. The Morgan fingerprint density at radius 1 is 1.17 bits per heavy atom. The minimum Gasteiger partial charge on any atom is -0.481 e. The van der Waals surface area contributed by atoms with Crippen LogP contribution < -0.4 is 0 Å². The summed E-state index contributed by atoms with van der Waals surface area (Å²) in [5, 5.41) is 9.35. The van der Waals surface area contributed by atoms with E-state index in [0.29, 0.717) is 30.2 Å². The van der Waals surface area contributed by atoms with Gasteiger partial charge in [0.15, 0.2) is 0 Å². The molecule has 6 heteroatoms. The van der Waals surface area contributed by atoms with Gasteiger partial charge in [0.1, 0.15) is 0 Å². The van der Waals surface area contributed by atoms with Crippen LogP contribution in [0.4, 0.5) is 0 Å². The van der Waals surface area contributed by atoms with Crippen molar-refractivity contribution >= 4 is 16.0 Å². The van der Waals surface area contributed by atoms with Crippen molar-refractivity contribution in [3.05, 3.63) is 29.8 Å². The van der Waals surface area contributed by atoms with Crippen LogP contribution in [-0.2, 0) is 14.8 Å². The molecule has 0 radical (unpaired) electrons. The number of sulfonamides is 1. The maximum atomic E-state index is 13.4. The molecule has 1 unspecified atom stereocenters. The first-order chi connectivity index (χ1) is 11.4. The fourth-order valence-corrected chi connectivity index (χ4v) is 6.50. The molecule has 5 nitrogen and oxygen atoms in total. The molecule has 0 aromatic heterocycles. The molecule has 1 aliphatic heterocycles. The van der Waals surface area contributed by atoms with Gasteiger partial charge in [0.2, 0.25) is 10.0 Å². The normalized spacial score (nSPS) is 26.9. The van der Waals surface area contributed by atoms with Crippen molar-refractivity contribution in [3.8, 4) is 0 Å². The van der Waals surface area contributed by atoms with Crippen LogP contribution in [0.25, 0.3) is 0 Å². The second kappa shape index (κ2) is 5.56. The molecule has 1 N–H and O–H groups in total. The summed E-state index contributed by atoms with van der Waals surface area (Å²) >= 11 is 0. The van der Waals surface area contributed by atoms with Crippen LogP contribution in [-0.4, -0.2) is 35.9 Å². The van der Waals surface area contributed by atoms with E-state index in [0.717, 1.165) is 37.7 Å². The standard InChI is InChI=1S/C18H23NO4S/c20-17(21)14-8-11-19(18(12-14)9-3-10-18)24(22,23)16-5-2-1-4-15(16)13-6-7-13/h1-2,4-5,13-14H,3,6-12H2,(H,20,21). The van der Waals surface area contributed by atoms with Crippen LogP contribution >= 0.6 is 0 Å². The summed E-state index contributed by atoms with van der Waals surface area (Å²) in [6.45, 7) is 0.318. The van der Waals surface area contributed by atoms with E-state index in [1.807, 2.05) is 12.1 Å². The predicted octanol–water partition coefficient (Wildman–Crippen LogP) is 2.97. The molecule has 4 rings (SSSR count). The Morgan fingerprint density at radius 3 is 2.46 bits per heavy atom. The summed E-state index contributed by atoms with van der Waals surface area (Å²) in [4.78, 5) is 11.8. The Kier molecular flexibility index (Phi) is 3.73. The number of hydrogen-bond acceptors (Lipinski definition) is 3. The van der Waals surface area contributed by atoms with Gasteiger partial charge in [0.05, 0.1) is 10.8 Å². The molecule has 1 aromatic carbocycles. The molecule has 1 spiro atoms. The second-order valence-corrected chi connectivity index (χ2v) is 9.33. The van der Waals surface area contributed by atoms with E-state index in [1.165, 1.54) is 0 Å². The number of benzene rings is 1. The summed E-state index contributed by atoms with van der Waals surface area (Å²) < 4.78 is 28.5. The van der Waals surface area contributed by atoms with Crippen molar-refractivity contribution in [2.75, 3.05) is 6.54 Å². The number of carboxylic acid groups (broad SMARTS) is 1. The fraction of sp³-hybridized carbons (Fsp3) is 0.611. The number of carbonyl (C=O) groups is 1. The van der Waals surface area contributed by atoms with Crippen molar-refractivity contribution < 1.29 is 18.3 Å². The monoisotopic (exact) mass is 349 g/mol. The molecule has 2 saturated carbocycles. The highest BCUT2D eigenvalue weighted by Gasteiger charge is 2.53. The number of nitrogens with zero attached hydrogens (tertiary/aromatic N) is 1. The van der Waals surface area contributed by atoms with E-state index < -0.39 is 27.4 Å². The minimum atomic E-state index is -3.57. The predicted molar refractivity (Wildman–Crippen MR) is 89.3 cm³/mol. The van der Waals surface area contributed by atoms with Gasteiger partial charge < -0.3 is 5.11 Å². The van der Waals surface area contributed by atoms with Gasteiger partial charge in [-0.3, -0.25) is 4.79 Å². The van der Waals surface area contributed by atoms with Crippen molar-refractivity contribution in [2.24, 2.45) is 5.92 Å². The lowest BCUT2D eigenvalue weighted by Crippen LogP contribution is -2.60. The maximum Gasteiger partial charge on any atom is 0.306 e. The van der Waals surface area contributed by atoms with E-state index in [-0.39, 0.29) is 0 Å². The van der Waals surface area contributed by atoms with Crippen LogP contribution in [0, 0.1) is 5.92 Å². The molecule has 0 bridgehead atoms. The molecule has 2 aliphatic carbocycles. The largest absolute Gasteiger partial charge is 0.481 e. The molecule has 3 aliphatic rings. The highest BCUT2D eigenvalue weighted by atomic mass is 32.2. The lowest BCUT2D eigenvalue weighted by atomic mass is 9.68. The number of aliphatic carboxylic acids is 1.